The summed E-state index contributed by atoms with van der Waals surface area (Å²) in [6.45, 7) is 0.913. The van der Waals surface area contributed by atoms with Gasteiger partial charge in [-0.1, -0.05) is 18.2 Å². The molecule has 0 saturated heterocycles. The van der Waals surface area contributed by atoms with Crippen molar-refractivity contribution in [1.29, 1.82) is 0 Å². The highest BCUT2D eigenvalue weighted by Crippen LogP contribution is 2.31. The summed E-state index contributed by atoms with van der Waals surface area (Å²) in [5, 5.41) is 3.78. The van der Waals surface area contributed by atoms with Crippen molar-refractivity contribution in [3.05, 3.63) is 63.6 Å². The number of ketones is 1. The molecule has 0 fully saturated rings. The number of alkyl halides is 3. The van der Waals surface area contributed by atoms with Gasteiger partial charge in [-0.15, -0.1) is 0 Å². The summed E-state index contributed by atoms with van der Waals surface area (Å²) >= 11 is 0. The number of aromatic nitrogens is 2. The Balaban J connectivity index is 2.46. The van der Waals surface area contributed by atoms with Crippen molar-refractivity contribution in [1.82, 2.24) is 9.78 Å². The van der Waals surface area contributed by atoms with E-state index in [9.17, 15) is 22.8 Å². The first-order valence-electron chi connectivity index (χ1n) is 6.03. The van der Waals surface area contributed by atoms with E-state index in [4.69, 9.17) is 0 Å². The molecule has 21 heavy (non-hydrogen) atoms. The van der Waals surface area contributed by atoms with Crippen molar-refractivity contribution in [3.63, 3.8) is 0 Å². The summed E-state index contributed by atoms with van der Waals surface area (Å²) in [5.41, 5.74) is -1.46. The SMILES string of the molecule is CC(=O)c1ccc(=O)n(Cc2ccccc2C(F)(F)F)n1. The summed E-state index contributed by atoms with van der Waals surface area (Å²) in [7, 11) is 0. The lowest BCUT2D eigenvalue weighted by Gasteiger charge is -2.13. The molecule has 0 atom stereocenters. The first kappa shape index (κ1) is 15.0. The molecule has 0 N–H and O–H groups in total. The number of halogens is 3. The highest BCUT2D eigenvalue weighted by molar-refractivity contribution is 5.91. The zero-order valence-electron chi connectivity index (χ0n) is 11.0. The zero-order valence-corrected chi connectivity index (χ0v) is 11.0. The van der Waals surface area contributed by atoms with E-state index in [0.717, 1.165) is 16.8 Å². The predicted molar refractivity (Wildman–Crippen MR) is 69.0 cm³/mol. The average Bonchev–Trinajstić information content (AvgIpc) is 2.40. The van der Waals surface area contributed by atoms with Crippen molar-refractivity contribution < 1.29 is 18.0 Å². The van der Waals surface area contributed by atoms with Gasteiger partial charge in [0.25, 0.3) is 5.56 Å². The van der Waals surface area contributed by atoms with Gasteiger partial charge in [0.2, 0.25) is 0 Å². The number of rotatable bonds is 3. The van der Waals surface area contributed by atoms with Gasteiger partial charge < -0.3 is 0 Å². The summed E-state index contributed by atoms with van der Waals surface area (Å²) in [6, 6.07) is 7.29. The van der Waals surface area contributed by atoms with Crippen LogP contribution in [-0.2, 0) is 12.7 Å². The Bertz CT molecular complexity index is 735. The van der Waals surface area contributed by atoms with E-state index in [0.29, 0.717) is 0 Å². The molecule has 2 rings (SSSR count). The fraction of sp³-hybridized carbons (Fsp3) is 0.214. The normalized spacial score (nSPS) is 11.4. The van der Waals surface area contributed by atoms with Gasteiger partial charge in [-0.3, -0.25) is 9.59 Å². The maximum atomic E-state index is 12.9. The van der Waals surface area contributed by atoms with E-state index in [2.05, 4.69) is 5.10 Å². The highest BCUT2D eigenvalue weighted by Gasteiger charge is 2.33. The van der Waals surface area contributed by atoms with Crippen LogP contribution in [0.25, 0.3) is 0 Å². The molecule has 1 aromatic heterocycles. The predicted octanol–water partition coefficient (Wildman–Crippen LogP) is 2.51. The van der Waals surface area contributed by atoms with Crippen LogP contribution in [0.5, 0.6) is 0 Å². The number of hydrogen-bond donors (Lipinski definition) is 0. The lowest BCUT2D eigenvalue weighted by Crippen LogP contribution is -2.25. The second-order valence-electron chi connectivity index (χ2n) is 4.43. The van der Waals surface area contributed by atoms with E-state index < -0.39 is 17.3 Å². The molecule has 0 aliphatic rings. The number of benzene rings is 1. The summed E-state index contributed by atoms with van der Waals surface area (Å²) in [4.78, 5) is 22.9. The Morgan fingerprint density at radius 2 is 1.86 bits per heavy atom. The van der Waals surface area contributed by atoms with Crippen molar-refractivity contribution in [2.45, 2.75) is 19.6 Å². The largest absolute Gasteiger partial charge is 0.416 e. The molecule has 7 heteroatoms. The van der Waals surface area contributed by atoms with Gasteiger partial charge in [-0.05, 0) is 17.7 Å². The minimum Gasteiger partial charge on any atom is -0.293 e. The van der Waals surface area contributed by atoms with Crippen LogP contribution in [0.15, 0.2) is 41.2 Å². The molecule has 4 nitrogen and oxygen atoms in total. The van der Waals surface area contributed by atoms with Crippen LogP contribution in [0.3, 0.4) is 0 Å². The fourth-order valence-corrected chi connectivity index (χ4v) is 1.85. The van der Waals surface area contributed by atoms with Gasteiger partial charge in [0.15, 0.2) is 5.78 Å². The molecule has 2 aromatic rings. The zero-order chi connectivity index (χ0) is 15.6. The van der Waals surface area contributed by atoms with Crippen molar-refractivity contribution in [2.75, 3.05) is 0 Å². The quantitative estimate of drug-likeness (QED) is 0.818. The van der Waals surface area contributed by atoms with Gasteiger partial charge >= 0.3 is 6.18 Å². The monoisotopic (exact) mass is 296 g/mol. The average molecular weight is 296 g/mol. The van der Waals surface area contributed by atoms with E-state index in [1.807, 2.05) is 0 Å². The first-order chi connectivity index (χ1) is 9.79. The number of carbonyl (C=O) groups excluding carboxylic acids is 1. The molecule has 0 radical (unpaired) electrons. The van der Waals surface area contributed by atoms with Crippen LogP contribution in [0.4, 0.5) is 13.2 Å². The minimum atomic E-state index is -4.52. The molecule has 0 unspecified atom stereocenters. The molecular weight excluding hydrogens is 285 g/mol. The molecule has 0 aliphatic heterocycles. The van der Waals surface area contributed by atoms with E-state index in [1.54, 1.807) is 0 Å². The van der Waals surface area contributed by atoms with Crippen molar-refractivity contribution in [3.8, 4) is 0 Å². The lowest BCUT2D eigenvalue weighted by molar-refractivity contribution is -0.138. The lowest BCUT2D eigenvalue weighted by atomic mass is 10.1. The molecule has 110 valence electrons. The summed E-state index contributed by atoms with van der Waals surface area (Å²) in [5.74, 6) is -0.368. The second kappa shape index (κ2) is 5.51. The van der Waals surface area contributed by atoms with Crippen molar-refractivity contribution >= 4 is 5.78 Å². The fourth-order valence-electron chi connectivity index (χ4n) is 1.85. The number of nitrogens with zero attached hydrogens (tertiary/aromatic N) is 2. The molecule has 0 amide bonds. The Kier molecular flexibility index (Phi) is 3.93. The van der Waals surface area contributed by atoms with Crippen LogP contribution >= 0.6 is 0 Å². The third-order valence-corrected chi connectivity index (χ3v) is 2.87. The van der Waals surface area contributed by atoms with Crippen LogP contribution < -0.4 is 5.56 Å². The highest BCUT2D eigenvalue weighted by atomic mass is 19.4. The Morgan fingerprint density at radius 3 is 2.48 bits per heavy atom. The van der Waals surface area contributed by atoms with Gasteiger partial charge in [-0.25, -0.2) is 4.68 Å². The maximum absolute atomic E-state index is 12.9. The second-order valence-corrected chi connectivity index (χ2v) is 4.43. The van der Waals surface area contributed by atoms with Gasteiger partial charge in [-0.2, -0.15) is 18.3 Å². The third-order valence-electron chi connectivity index (χ3n) is 2.87. The molecule has 0 spiro atoms. The van der Waals surface area contributed by atoms with Crippen LogP contribution in [0.2, 0.25) is 0 Å². The molecular formula is C14H11F3N2O2. The number of carbonyl (C=O) groups is 1. The molecule has 0 aliphatic carbocycles. The number of hydrogen-bond acceptors (Lipinski definition) is 3. The third kappa shape index (κ3) is 3.36. The van der Waals surface area contributed by atoms with Crippen LogP contribution in [0.1, 0.15) is 28.5 Å². The van der Waals surface area contributed by atoms with Crippen molar-refractivity contribution in [2.24, 2.45) is 0 Å². The molecule has 0 saturated carbocycles. The summed E-state index contributed by atoms with van der Waals surface area (Å²) in [6.07, 6.45) is -4.52. The maximum Gasteiger partial charge on any atom is 0.416 e. The topological polar surface area (TPSA) is 52.0 Å². The van der Waals surface area contributed by atoms with Crippen LogP contribution in [0, 0.1) is 0 Å². The van der Waals surface area contributed by atoms with E-state index in [1.165, 1.54) is 31.2 Å². The Labute approximate surface area is 117 Å². The van der Waals surface area contributed by atoms with Crippen LogP contribution in [-0.4, -0.2) is 15.6 Å². The summed E-state index contributed by atoms with van der Waals surface area (Å²) < 4.78 is 39.5. The Hall–Kier alpha value is -2.44. The minimum absolute atomic E-state index is 0.0269. The molecule has 1 aromatic carbocycles. The smallest absolute Gasteiger partial charge is 0.293 e. The van der Waals surface area contributed by atoms with Gasteiger partial charge in [0.1, 0.15) is 5.69 Å². The van der Waals surface area contributed by atoms with E-state index in [-0.39, 0.29) is 23.6 Å². The molecule has 1 heterocycles. The Morgan fingerprint density at radius 1 is 1.19 bits per heavy atom. The van der Waals surface area contributed by atoms with Gasteiger partial charge in [0, 0.05) is 13.0 Å². The van der Waals surface area contributed by atoms with Gasteiger partial charge in [0.05, 0.1) is 12.1 Å². The molecule has 0 bridgehead atoms. The first-order valence-corrected chi connectivity index (χ1v) is 6.03. The standard InChI is InChI=1S/C14H11F3N2O2/c1-9(20)12-6-7-13(21)19(18-12)8-10-4-2-3-5-11(10)14(15,16)17/h2-7H,8H2,1H3. The van der Waals surface area contributed by atoms with E-state index >= 15 is 0 Å². The number of Topliss-reactive ketones (excluding diaryl/α,β-unsaturated/α-hetero) is 1.